The molecule has 1 saturated heterocycles. The lowest BCUT2D eigenvalue weighted by molar-refractivity contribution is 0.685. The van der Waals surface area contributed by atoms with Gasteiger partial charge in [0.1, 0.15) is 5.82 Å². The third-order valence-corrected chi connectivity index (χ3v) is 4.77. The van der Waals surface area contributed by atoms with Crippen LogP contribution in [0.3, 0.4) is 0 Å². The summed E-state index contributed by atoms with van der Waals surface area (Å²) < 4.78 is 0. The van der Waals surface area contributed by atoms with Crippen LogP contribution >= 0.6 is 11.8 Å². The Kier molecular flexibility index (Phi) is 4.28. The highest BCUT2D eigenvalue weighted by atomic mass is 32.2. The first-order chi connectivity index (χ1) is 9.31. The largest absolute Gasteiger partial charge is 0.356 e. The highest BCUT2D eigenvalue weighted by molar-refractivity contribution is 7.99. The molecule has 0 radical (unpaired) electrons. The van der Waals surface area contributed by atoms with E-state index in [1.54, 1.807) is 0 Å². The van der Waals surface area contributed by atoms with Crippen molar-refractivity contribution in [3.05, 3.63) is 23.4 Å². The minimum absolute atomic E-state index is 0.770. The fourth-order valence-electron chi connectivity index (χ4n) is 2.51. The van der Waals surface area contributed by atoms with Crippen LogP contribution in [0.15, 0.2) is 12.1 Å². The molecule has 0 unspecified atom stereocenters. The quantitative estimate of drug-likeness (QED) is 0.915. The Bertz CT molecular complexity index is 423. The van der Waals surface area contributed by atoms with Gasteiger partial charge in [-0.25, -0.2) is 4.98 Å². The van der Waals surface area contributed by atoms with Crippen molar-refractivity contribution in [2.24, 2.45) is 0 Å². The molecule has 3 rings (SSSR count). The van der Waals surface area contributed by atoms with Crippen LogP contribution in [0.5, 0.6) is 0 Å². The summed E-state index contributed by atoms with van der Waals surface area (Å²) in [6.45, 7) is 5.38. The number of hydrogen-bond acceptors (Lipinski definition) is 4. The molecule has 0 aromatic carbocycles. The van der Waals surface area contributed by atoms with Gasteiger partial charge in [0.25, 0.3) is 0 Å². The van der Waals surface area contributed by atoms with Crippen LogP contribution in [0.1, 0.15) is 30.5 Å². The van der Waals surface area contributed by atoms with Gasteiger partial charge in [-0.1, -0.05) is 0 Å². The van der Waals surface area contributed by atoms with E-state index in [2.05, 4.69) is 41.0 Å². The second-order valence-corrected chi connectivity index (χ2v) is 6.81. The van der Waals surface area contributed by atoms with Crippen LogP contribution in [0, 0.1) is 6.92 Å². The predicted molar refractivity (Wildman–Crippen MR) is 83.0 cm³/mol. The summed E-state index contributed by atoms with van der Waals surface area (Å²) in [4.78, 5) is 7.18. The SMILES string of the molecule is Cc1cc(CNC2CC2)cc(N2CCCSCC2)n1. The van der Waals surface area contributed by atoms with Crippen LogP contribution in [0.2, 0.25) is 0 Å². The second-order valence-electron chi connectivity index (χ2n) is 5.58. The third-order valence-electron chi connectivity index (χ3n) is 3.72. The lowest BCUT2D eigenvalue weighted by Gasteiger charge is -2.22. The van der Waals surface area contributed by atoms with Gasteiger partial charge in [-0.05, 0) is 49.6 Å². The number of rotatable bonds is 4. The van der Waals surface area contributed by atoms with Gasteiger partial charge < -0.3 is 10.2 Å². The molecule has 3 nitrogen and oxygen atoms in total. The van der Waals surface area contributed by atoms with Gasteiger partial charge in [0.05, 0.1) is 0 Å². The number of nitrogens with one attached hydrogen (secondary N) is 1. The fraction of sp³-hybridized carbons (Fsp3) is 0.667. The topological polar surface area (TPSA) is 28.2 Å². The molecule has 1 aliphatic heterocycles. The standard InChI is InChI=1S/C15H23N3S/c1-12-9-13(11-16-14-3-4-14)10-15(17-12)18-5-2-7-19-8-6-18/h9-10,14,16H,2-8,11H2,1H3. The van der Waals surface area contributed by atoms with Gasteiger partial charge in [-0.3, -0.25) is 0 Å². The van der Waals surface area contributed by atoms with E-state index in [0.717, 1.165) is 31.4 Å². The maximum absolute atomic E-state index is 4.73. The van der Waals surface area contributed by atoms with E-state index in [1.807, 2.05) is 0 Å². The molecule has 0 amide bonds. The Morgan fingerprint density at radius 1 is 1.32 bits per heavy atom. The smallest absolute Gasteiger partial charge is 0.129 e. The third kappa shape index (κ3) is 3.86. The Morgan fingerprint density at radius 2 is 2.21 bits per heavy atom. The van der Waals surface area contributed by atoms with E-state index in [-0.39, 0.29) is 0 Å². The van der Waals surface area contributed by atoms with Crippen molar-refractivity contribution in [2.75, 3.05) is 29.5 Å². The molecule has 1 aromatic rings. The first-order valence-electron chi connectivity index (χ1n) is 7.35. The molecule has 1 aromatic heterocycles. The molecule has 0 atom stereocenters. The molecule has 2 aliphatic rings. The minimum atomic E-state index is 0.770. The summed E-state index contributed by atoms with van der Waals surface area (Å²) in [5, 5.41) is 3.59. The maximum Gasteiger partial charge on any atom is 0.129 e. The number of aromatic nitrogens is 1. The Labute approximate surface area is 120 Å². The zero-order chi connectivity index (χ0) is 13.1. The van der Waals surface area contributed by atoms with Crippen molar-refractivity contribution in [3.63, 3.8) is 0 Å². The van der Waals surface area contributed by atoms with Crippen molar-refractivity contribution < 1.29 is 0 Å². The zero-order valence-corrected chi connectivity index (χ0v) is 12.5. The van der Waals surface area contributed by atoms with Gasteiger partial charge in [0.2, 0.25) is 0 Å². The number of hydrogen-bond donors (Lipinski definition) is 1. The number of aryl methyl sites for hydroxylation is 1. The fourth-order valence-corrected chi connectivity index (χ4v) is 3.40. The van der Waals surface area contributed by atoms with Crippen LogP contribution in [0.4, 0.5) is 5.82 Å². The molecule has 1 N–H and O–H groups in total. The number of pyridine rings is 1. The van der Waals surface area contributed by atoms with Gasteiger partial charge in [0, 0.05) is 37.1 Å². The van der Waals surface area contributed by atoms with E-state index in [0.29, 0.717) is 0 Å². The van der Waals surface area contributed by atoms with E-state index >= 15 is 0 Å². The van der Waals surface area contributed by atoms with E-state index < -0.39 is 0 Å². The molecule has 1 saturated carbocycles. The average molecular weight is 277 g/mol. The molecule has 2 fully saturated rings. The van der Waals surface area contributed by atoms with Crippen LogP contribution in [-0.2, 0) is 6.54 Å². The predicted octanol–water partition coefficient (Wildman–Crippen LogP) is 2.59. The Balaban J connectivity index is 1.71. The lowest BCUT2D eigenvalue weighted by atomic mass is 10.2. The van der Waals surface area contributed by atoms with Crippen molar-refractivity contribution in [2.45, 2.75) is 38.8 Å². The van der Waals surface area contributed by atoms with Crippen molar-refractivity contribution in [3.8, 4) is 0 Å². The summed E-state index contributed by atoms with van der Waals surface area (Å²) in [6.07, 6.45) is 3.97. The zero-order valence-electron chi connectivity index (χ0n) is 11.7. The van der Waals surface area contributed by atoms with Gasteiger partial charge in [0.15, 0.2) is 0 Å². The highest BCUT2D eigenvalue weighted by Crippen LogP contribution is 2.22. The highest BCUT2D eigenvalue weighted by Gasteiger charge is 2.20. The molecule has 4 heteroatoms. The Hall–Kier alpha value is -0.740. The van der Waals surface area contributed by atoms with E-state index in [9.17, 15) is 0 Å². The summed E-state index contributed by atoms with van der Waals surface area (Å²) in [6, 6.07) is 5.26. The summed E-state index contributed by atoms with van der Waals surface area (Å²) in [5.74, 6) is 3.69. The lowest BCUT2D eigenvalue weighted by Crippen LogP contribution is -2.27. The van der Waals surface area contributed by atoms with E-state index in [1.165, 1.54) is 42.1 Å². The molecule has 19 heavy (non-hydrogen) atoms. The van der Waals surface area contributed by atoms with Crippen LogP contribution in [-0.4, -0.2) is 35.6 Å². The summed E-state index contributed by atoms with van der Waals surface area (Å²) in [5.41, 5.74) is 2.52. The van der Waals surface area contributed by atoms with Crippen LogP contribution in [0.25, 0.3) is 0 Å². The number of anilines is 1. The van der Waals surface area contributed by atoms with Gasteiger partial charge >= 0.3 is 0 Å². The minimum Gasteiger partial charge on any atom is -0.356 e. The number of nitrogens with zero attached hydrogens (tertiary/aromatic N) is 2. The van der Waals surface area contributed by atoms with Crippen LogP contribution < -0.4 is 10.2 Å². The van der Waals surface area contributed by atoms with Crippen molar-refractivity contribution in [1.82, 2.24) is 10.3 Å². The molecule has 104 valence electrons. The van der Waals surface area contributed by atoms with Crippen molar-refractivity contribution in [1.29, 1.82) is 0 Å². The second kappa shape index (κ2) is 6.14. The first kappa shape index (κ1) is 13.3. The molecule has 2 heterocycles. The molecular formula is C15H23N3S. The maximum atomic E-state index is 4.73. The summed E-state index contributed by atoms with van der Waals surface area (Å²) >= 11 is 2.06. The average Bonchev–Trinajstić information content (AvgIpc) is 3.23. The van der Waals surface area contributed by atoms with Crippen molar-refractivity contribution >= 4 is 17.6 Å². The first-order valence-corrected chi connectivity index (χ1v) is 8.50. The monoisotopic (exact) mass is 277 g/mol. The summed E-state index contributed by atoms with van der Waals surface area (Å²) in [7, 11) is 0. The molecule has 1 aliphatic carbocycles. The molecule has 0 spiro atoms. The normalized spacial score (nSPS) is 20.4. The molecule has 0 bridgehead atoms. The van der Waals surface area contributed by atoms with E-state index in [4.69, 9.17) is 4.98 Å². The van der Waals surface area contributed by atoms with Gasteiger partial charge in [-0.2, -0.15) is 11.8 Å². The number of thioether (sulfide) groups is 1. The van der Waals surface area contributed by atoms with Gasteiger partial charge in [-0.15, -0.1) is 0 Å². The Morgan fingerprint density at radius 3 is 3.05 bits per heavy atom. The molecular weight excluding hydrogens is 254 g/mol.